The van der Waals surface area contributed by atoms with Gasteiger partial charge in [-0.25, -0.2) is 13.2 Å². The molecule has 0 bridgehead atoms. The second-order valence-corrected chi connectivity index (χ2v) is 8.79. The number of halogens is 1. The number of benzene rings is 1. The van der Waals surface area contributed by atoms with Crippen molar-refractivity contribution in [2.24, 2.45) is 5.10 Å². The van der Waals surface area contributed by atoms with E-state index in [1.807, 2.05) is 0 Å². The van der Waals surface area contributed by atoms with E-state index in [2.05, 4.69) is 5.10 Å². The first kappa shape index (κ1) is 24.2. The van der Waals surface area contributed by atoms with Gasteiger partial charge in [0, 0.05) is 12.1 Å². The van der Waals surface area contributed by atoms with E-state index >= 15 is 0 Å². The van der Waals surface area contributed by atoms with Crippen LogP contribution in [-0.4, -0.2) is 36.0 Å². The van der Waals surface area contributed by atoms with E-state index in [9.17, 15) is 27.8 Å². The molecule has 160 valence electrons. The maximum absolute atomic E-state index is 14.2. The Morgan fingerprint density at radius 2 is 1.83 bits per heavy atom. The molecule has 0 unspecified atom stereocenters. The summed E-state index contributed by atoms with van der Waals surface area (Å²) in [4.78, 5) is 21.4. The maximum atomic E-state index is 14.2. The number of hydrogen-bond donors (Lipinski definition) is 0. The molecule has 29 heavy (non-hydrogen) atoms. The van der Waals surface area contributed by atoms with Gasteiger partial charge in [-0.3, -0.25) is 10.1 Å². The molecule has 0 aliphatic rings. The Morgan fingerprint density at radius 3 is 2.24 bits per heavy atom. The zero-order valence-corrected chi connectivity index (χ0v) is 17.7. The zero-order chi connectivity index (χ0) is 22.4. The summed E-state index contributed by atoms with van der Waals surface area (Å²) in [6.45, 7) is 7.87. The summed E-state index contributed by atoms with van der Waals surface area (Å²) in [6.07, 6.45) is 0.245. The van der Waals surface area contributed by atoms with E-state index in [-0.39, 0.29) is 27.6 Å². The summed E-state index contributed by atoms with van der Waals surface area (Å²) >= 11 is 0. The summed E-state index contributed by atoms with van der Waals surface area (Å²) in [5, 5.41) is 13.7. The lowest BCUT2D eigenvalue weighted by Crippen LogP contribution is -2.30. The van der Waals surface area contributed by atoms with Crippen LogP contribution in [0.4, 0.5) is 15.0 Å². The lowest BCUT2D eigenvalue weighted by atomic mass is 10.2. The summed E-state index contributed by atoms with van der Waals surface area (Å²) in [5.41, 5.74) is -1.43. The lowest BCUT2D eigenvalue weighted by molar-refractivity contribution is -0.384. The summed E-state index contributed by atoms with van der Waals surface area (Å²) in [5.74, 6) is 0. The number of allylic oxidation sites excluding steroid dienone is 2. The molecule has 0 atom stereocenters. The fourth-order valence-corrected chi connectivity index (χ4v) is 3.81. The van der Waals surface area contributed by atoms with Gasteiger partial charge in [0.2, 0.25) is 9.84 Å². The third-order valence-corrected chi connectivity index (χ3v) is 5.28. The Hall–Kier alpha value is -2.82. The molecule has 0 saturated carbocycles. The first-order valence-corrected chi connectivity index (χ1v) is 10.3. The number of carbonyl (C=O) groups is 1. The van der Waals surface area contributed by atoms with Crippen molar-refractivity contribution < 1.29 is 27.4 Å². The average molecular weight is 429 g/mol. The lowest BCUT2D eigenvalue weighted by Gasteiger charge is -2.20. The molecular formula is C18H24FN3O6S. The number of carbonyl (C=O) groups excluding carboxylic acids is 1. The number of nitrogens with zero attached hydrogens (tertiary/aromatic N) is 3. The largest absolute Gasteiger partial charge is 0.460 e. The van der Waals surface area contributed by atoms with Crippen molar-refractivity contribution in [3.8, 4) is 0 Å². The van der Waals surface area contributed by atoms with E-state index in [0.717, 1.165) is 24.3 Å². The highest BCUT2D eigenvalue weighted by molar-refractivity contribution is 7.96. The van der Waals surface area contributed by atoms with Gasteiger partial charge >= 0.3 is 6.09 Å². The molecule has 1 aromatic rings. The molecule has 0 spiro atoms. The van der Waals surface area contributed by atoms with E-state index in [4.69, 9.17) is 4.74 Å². The first-order valence-electron chi connectivity index (χ1n) is 8.80. The highest BCUT2D eigenvalue weighted by Crippen LogP contribution is 2.25. The van der Waals surface area contributed by atoms with Crippen LogP contribution in [0.25, 0.3) is 0 Å². The smallest absolute Gasteiger partial charge is 0.441 e. The predicted octanol–water partition coefficient (Wildman–Crippen LogP) is 4.55. The second-order valence-electron chi connectivity index (χ2n) is 6.87. The number of nitro benzene ring substituents is 1. The van der Waals surface area contributed by atoms with Gasteiger partial charge in [-0.15, -0.1) is 5.10 Å². The van der Waals surface area contributed by atoms with Gasteiger partial charge in [0.05, 0.1) is 20.4 Å². The highest BCUT2D eigenvalue weighted by Gasteiger charge is 2.28. The molecule has 1 rings (SSSR count). The predicted molar refractivity (Wildman–Crippen MR) is 106 cm³/mol. The van der Waals surface area contributed by atoms with Crippen LogP contribution < -0.4 is 0 Å². The van der Waals surface area contributed by atoms with Crippen molar-refractivity contribution in [2.45, 2.75) is 58.0 Å². The van der Waals surface area contributed by atoms with E-state index in [1.54, 1.807) is 34.6 Å². The fourth-order valence-electron chi connectivity index (χ4n) is 2.18. The Labute approximate surface area is 168 Å². The van der Waals surface area contributed by atoms with Crippen molar-refractivity contribution in [1.82, 2.24) is 5.23 Å². The number of nitro groups is 1. The molecule has 0 radical (unpaired) electrons. The van der Waals surface area contributed by atoms with E-state index in [1.165, 1.54) is 6.08 Å². The number of amides is 1. The van der Waals surface area contributed by atoms with Crippen LogP contribution in [0.1, 0.15) is 47.5 Å². The number of rotatable bonds is 7. The van der Waals surface area contributed by atoms with Gasteiger partial charge < -0.3 is 4.74 Å². The highest BCUT2D eigenvalue weighted by atomic mass is 32.2. The summed E-state index contributed by atoms with van der Waals surface area (Å²) in [6, 6.07) is 4.29. The topological polar surface area (TPSA) is 119 Å². The fraction of sp³-hybridized carbons (Fsp3) is 0.444. The van der Waals surface area contributed by atoms with Crippen molar-refractivity contribution in [2.75, 3.05) is 0 Å². The number of hydrogen-bond acceptors (Lipinski definition) is 7. The van der Waals surface area contributed by atoms with Crippen LogP contribution in [0.15, 0.2) is 45.2 Å². The monoisotopic (exact) mass is 429 g/mol. The van der Waals surface area contributed by atoms with Crippen LogP contribution in [-0.2, 0) is 14.6 Å². The quantitative estimate of drug-likeness (QED) is 0.271. The standard InChI is InChI=1S/C18H24FN3O6S/c1-6-8-16(15(7-2)20-21(19)17(23)28-18(3,4)5)29(26,27)14-11-9-13(10-12-14)22(24)25/h8-12H,6-7H2,1-5H3/b16-8-,20-15-. The third kappa shape index (κ3) is 6.63. The van der Waals surface area contributed by atoms with Gasteiger partial charge in [-0.1, -0.05) is 24.4 Å². The SMILES string of the molecule is CC/C=C(/C(CC)=N\N(F)C(=O)OC(C)(C)C)S(=O)(=O)c1ccc([N+](=O)[O-])cc1. The normalized spacial score (nSPS) is 13.2. The van der Waals surface area contributed by atoms with Crippen molar-refractivity contribution in [3.05, 3.63) is 45.4 Å². The van der Waals surface area contributed by atoms with Crippen LogP contribution in [0.2, 0.25) is 0 Å². The Balaban J connectivity index is 3.35. The maximum Gasteiger partial charge on any atom is 0.460 e. The summed E-state index contributed by atoms with van der Waals surface area (Å²) < 4.78 is 45.0. The molecular weight excluding hydrogens is 405 g/mol. The van der Waals surface area contributed by atoms with Crippen LogP contribution in [0.3, 0.4) is 0 Å². The molecule has 0 saturated heterocycles. The van der Waals surface area contributed by atoms with Crippen molar-refractivity contribution in [1.29, 1.82) is 0 Å². The number of sulfone groups is 1. The molecule has 1 amide bonds. The van der Waals surface area contributed by atoms with Gasteiger partial charge in [-0.05, 0) is 51.0 Å². The van der Waals surface area contributed by atoms with Crippen LogP contribution in [0, 0.1) is 10.1 Å². The Bertz CT molecular complexity index is 918. The van der Waals surface area contributed by atoms with Crippen LogP contribution >= 0.6 is 0 Å². The minimum absolute atomic E-state index is 0.00125. The summed E-state index contributed by atoms with van der Waals surface area (Å²) in [7, 11) is -4.16. The van der Waals surface area contributed by atoms with Crippen molar-refractivity contribution in [3.63, 3.8) is 0 Å². The Morgan fingerprint density at radius 1 is 1.28 bits per heavy atom. The van der Waals surface area contributed by atoms with Crippen LogP contribution in [0.5, 0.6) is 0 Å². The number of non-ortho nitro benzene ring substituents is 1. The molecule has 1 aromatic carbocycles. The molecule has 0 aliphatic carbocycles. The molecule has 0 aliphatic heterocycles. The molecule has 11 heteroatoms. The number of hydrazone groups is 1. The molecule has 0 heterocycles. The zero-order valence-electron chi connectivity index (χ0n) is 16.9. The molecule has 0 aromatic heterocycles. The first-order chi connectivity index (χ1) is 13.3. The Kier molecular flexibility index (Phi) is 8.01. The molecule has 0 N–H and O–H groups in total. The van der Waals surface area contributed by atoms with Gasteiger partial charge in [0.15, 0.2) is 0 Å². The van der Waals surface area contributed by atoms with Gasteiger partial charge in [0.1, 0.15) is 5.60 Å². The minimum atomic E-state index is -4.16. The van der Waals surface area contributed by atoms with Gasteiger partial charge in [0.25, 0.3) is 5.69 Å². The van der Waals surface area contributed by atoms with Gasteiger partial charge in [-0.2, -0.15) is 0 Å². The van der Waals surface area contributed by atoms with E-state index in [0.29, 0.717) is 6.42 Å². The third-order valence-electron chi connectivity index (χ3n) is 3.41. The average Bonchev–Trinajstić information content (AvgIpc) is 2.62. The molecule has 9 nitrogen and oxygen atoms in total. The molecule has 0 fully saturated rings. The van der Waals surface area contributed by atoms with Crippen molar-refractivity contribution >= 4 is 27.3 Å². The number of ether oxygens (including phenoxy) is 1. The minimum Gasteiger partial charge on any atom is -0.441 e. The van der Waals surface area contributed by atoms with E-state index < -0.39 is 31.7 Å². The second kappa shape index (κ2) is 9.59.